The van der Waals surface area contributed by atoms with Crippen molar-refractivity contribution in [1.29, 1.82) is 0 Å². The predicted molar refractivity (Wildman–Crippen MR) is 158 cm³/mol. The largest absolute Gasteiger partial charge is 0.387 e. The fourth-order valence-electron chi connectivity index (χ4n) is 4.69. The summed E-state index contributed by atoms with van der Waals surface area (Å²) >= 11 is 6.08. The molecule has 19 heteroatoms. The Labute approximate surface area is 254 Å². The molecule has 3 unspecified atom stereocenters. The fraction of sp³-hybridized carbons (Fsp3) is 0.750. The highest BCUT2D eigenvalue weighted by atomic mass is 35.5. The molecule has 5 atom stereocenters. The number of carbonyl (C=O) groups excluding carboxylic acids is 1. The van der Waals surface area contributed by atoms with Gasteiger partial charge in [0.1, 0.15) is 18.3 Å². The number of fused-ring (bicyclic) bond motifs is 1. The van der Waals surface area contributed by atoms with E-state index in [2.05, 4.69) is 32.5 Å². The normalized spacial score (nSPS) is 22.1. The first-order chi connectivity index (χ1) is 20.3. The van der Waals surface area contributed by atoms with E-state index in [9.17, 15) is 29.0 Å². The highest BCUT2D eigenvalue weighted by Crippen LogP contribution is 2.55. The molecule has 0 aromatic carbocycles. The summed E-state index contributed by atoms with van der Waals surface area (Å²) < 4.78 is 34.6. The fourth-order valence-corrected chi connectivity index (χ4v) is 7.42. The van der Waals surface area contributed by atoms with Crippen LogP contribution in [0.1, 0.15) is 77.4 Å². The van der Waals surface area contributed by atoms with E-state index < -0.39 is 58.3 Å². The van der Waals surface area contributed by atoms with Crippen molar-refractivity contribution in [1.82, 2.24) is 24.8 Å². The first-order valence-corrected chi connectivity index (χ1v) is 18.2. The van der Waals surface area contributed by atoms with Crippen LogP contribution in [0.15, 0.2) is 6.33 Å². The van der Waals surface area contributed by atoms with Crippen molar-refractivity contribution in [2.24, 2.45) is 0 Å². The van der Waals surface area contributed by atoms with E-state index in [0.29, 0.717) is 6.54 Å². The number of rotatable bonds is 18. The lowest BCUT2D eigenvalue weighted by Gasteiger charge is -2.18. The first kappa shape index (κ1) is 35.8. The molecule has 1 aliphatic rings. The molecule has 0 radical (unpaired) electrons. The van der Waals surface area contributed by atoms with Crippen LogP contribution in [-0.4, -0.2) is 87.8 Å². The molecular weight excluding hydrogens is 630 g/mol. The van der Waals surface area contributed by atoms with Crippen LogP contribution in [0.4, 0.5) is 10.6 Å². The van der Waals surface area contributed by atoms with Gasteiger partial charge in [0.2, 0.25) is 5.28 Å². The van der Waals surface area contributed by atoms with Gasteiger partial charge >= 0.3 is 21.2 Å². The number of anilines is 1. The Kier molecular flexibility index (Phi) is 13.8. The van der Waals surface area contributed by atoms with Gasteiger partial charge in [-0.15, -0.1) is 0 Å². The second kappa shape index (κ2) is 16.6. The second-order valence-electron chi connectivity index (χ2n) is 10.5. The number of unbranched alkanes of at least 4 members (excludes halogenated alkanes) is 9. The predicted octanol–water partition coefficient (Wildman–Crippen LogP) is 3.48. The Morgan fingerprint density at radius 2 is 1.65 bits per heavy atom. The number of urea groups is 1. The zero-order chi connectivity index (χ0) is 31.6. The number of ether oxygens (including phenoxy) is 1. The smallest absolute Gasteiger partial charge is 0.340 e. The average Bonchev–Trinajstić information content (AvgIpc) is 3.45. The van der Waals surface area contributed by atoms with Gasteiger partial charge in [0.15, 0.2) is 29.1 Å². The van der Waals surface area contributed by atoms with E-state index in [1.807, 2.05) is 0 Å². The van der Waals surface area contributed by atoms with Gasteiger partial charge in [-0.2, -0.15) is 9.97 Å². The maximum absolute atomic E-state index is 12.5. The van der Waals surface area contributed by atoms with Gasteiger partial charge in [-0.25, -0.2) is 9.78 Å². The molecule has 3 rings (SSSR count). The van der Waals surface area contributed by atoms with Gasteiger partial charge in [0.05, 0.1) is 12.9 Å². The lowest BCUT2D eigenvalue weighted by molar-refractivity contribution is -0.0483. The Hall–Kier alpha value is -1.71. The molecule has 43 heavy (non-hydrogen) atoms. The van der Waals surface area contributed by atoms with Crippen LogP contribution in [0.2, 0.25) is 5.28 Å². The number of nitrogens with one attached hydrogen (secondary N) is 2. The highest BCUT2D eigenvalue weighted by molar-refractivity contribution is 7.70. The number of hydrogen-bond donors (Lipinski definition) is 7. The molecule has 7 N–H and O–H groups in total. The van der Waals surface area contributed by atoms with Crippen LogP contribution in [0, 0.1) is 0 Å². The number of nitrogens with zero attached hydrogens (tertiary/aromatic N) is 4. The van der Waals surface area contributed by atoms with Crippen molar-refractivity contribution in [2.75, 3.05) is 24.4 Å². The first-order valence-electron chi connectivity index (χ1n) is 14.3. The summed E-state index contributed by atoms with van der Waals surface area (Å²) in [5.41, 5.74) is 0.169. The molecule has 2 aromatic heterocycles. The van der Waals surface area contributed by atoms with Crippen molar-refractivity contribution in [2.45, 2.75) is 95.7 Å². The van der Waals surface area contributed by atoms with Gasteiger partial charge in [-0.1, -0.05) is 64.7 Å². The van der Waals surface area contributed by atoms with E-state index in [-0.39, 0.29) is 22.3 Å². The van der Waals surface area contributed by atoms with E-state index >= 15 is 0 Å². The van der Waals surface area contributed by atoms with Crippen molar-refractivity contribution >= 4 is 49.8 Å². The summed E-state index contributed by atoms with van der Waals surface area (Å²) in [4.78, 5) is 52.4. The number of imidazole rings is 1. The van der Waals surface area contributed by atoms with Crippen LogP contribution in [0.25, 0.3) is 11.2 Å². The van der Waals surface area contributed by atoms with Gasteiger partial charge in [0, 0.05) is 6.54 Å². The van der Waals surface area contributed by atoms with Crippen molar-refractivity contribution in [3.8, 4) is 0 Å². The van der Waals surface area contributed by atoms with E-state index in [0.717, 1.165) is 19.3 Å². The number of carbonyl (C=O) groups is 1. The Morgan fingerprint density at radius 3 is 2.28 bits per heavy atom. The summed E-state index contributed by atoms with van der Waals surface area (Å²) in [7, 11) is -9.58. The molecule has 0 bridgehead atoms. The van der Waals surface area contributed by atoms with Gasteiger partial charge in [-0.05, 0) is 18.0 Å². The molecule has 244 valence electrons. The highest BCUT2D eigenvalue weighted by Gasteiger charge is 2.45. The minimum absolute atomic E-state index is 0.000831. The third-order valence-electron chi connectivity index (χ3n) is 6.86. The number of aliphatic hydroxyl groups is 2. The van der Waals surface area contributed by atoms with Gasteiger partial charge < -0.3 is 39.5 Å². The number of amides is 2. The molecule has 1 aliphatic heterocycles. The van der Waals surface area contributed by atoms with Gasteiger partial charge in [0.25, 0.3) is 0 Å². The topological polar surface area (TPSA) is 238 Å². The summed E-state index contributed by atoms with van der Waals surface area (Å²) in [5, 5.41) is 26.1. The summed E-state index contributed by atoms with van der Waals surface area (Å²) in [6, 6.07) is -0.518. The molecule has 0 aliphatic carbocycles. The SMILES string of the molecule is CCCCCCCCCCCCNC(=O)Nc1nc(Cl)nc2c1ncn2[C@@H]1O[C@H](COP(=O)(O)CP(=O)(O)O)C(O)C1O. The van der Waals surface area contributed by atoms with Crippen molar-refractivity contribution < 1.29 is 48.1 Å². The molecule has 2 amide bonds. The Bertz CT molecular complexity index is 1300. The Morgan fingerprint density at radius 1 is 1.02 bits per heavy atom. The standard InChI is InChI=1S/C24H41ClN6O10P2/c1-2-3-4-5-6-7-8-9-10-11-12-26-24(34)29-20-17-21(30-23(25)28-20)31(14-27-17)22-19(33)18(32)16(41-22)13-40-43(38,39)15-42(35,36)37/h14,16,18-19,22,32-33H,2-13,15H2,1H3,(H,38,39)(H2,35,36,37)(H2,26,28,29,30,34)/t16-,18?,19?,22-/m1/s1. The third kappa shape index (κ3) is 11.3. The maximum atomic E-state index is 12.5. The quantitative estimate of drug-likeness (QED) is 0.0684. The maximum Gasteiger partial charge on any atom is 0.340 e. The number of halogens is 1. The van der Waals surface area contributed by atoms with E-state index in [4.69, 9.17) is 30.6 Å². The molecule has 0 spiro atoms. The minimum atomic E-state index is -4.86. The van der Waals surface area contributed by atoms with E-state index in [1.54, 1.807) is 0 Å². The molecule has 0 saturated carbocycles. The summed E-state index contributed by atoms with van der Waals surface area (Å²) in [6.45, 7) is 1.92. The van der Waals surface area contributed by atoms with Crippen LogP contribution in [-0.2, 0) is 18.4 Å². The Balaban J connectivity index is 1.53. The van der Waals surface area contributed by atoms with Crippen LogP contribution >= 0.6 is 26.8 Å². The molecule has 1 saturated heterocycles. The lowest BCUT2D eigenvalue weighted by atomic mass is 10.1. The van der Waals surface area contributed by atoms with Gasteiger partial charge in [-0.3, -0.25) is 19.0 Å². The minimum Gasteiger partial charge on any atom is -0.387 e. The molecule has 16 nitrogen and oxygen atoms in total. The number of aromatic nitrogens is 4. The zero-order valence-electron chi connectivity index (χ0n) is 23.9. The molecule has 1 fully saturated rings. The van der Waals surface area contributed by atoms with E-state index in [1.165, 1.54) is 55.8 Å². The van der Waals surface area contributed by atoms with Crippen molar-refractivity contribution in [3.05, 3.63) is 11.6 Å². The number of aliphatic hydroxyl groups excluding tert-OH is 2. The van der Waals surface area contributed by atoms with Crippen LogP contribution in [0.3, 0.4) is 0 Å². The molecule has 3 heterocycles. The van der Waals surface area contributed by atoms with Crippen molar-refractivity contribution in [3.63, 3.8) is 0 Å². The average molecular weight is 671 g/mol. The van der Waals surface area contributed by atoms with Crippen LogP contribution in [0.5, 0.6) is 0 Å². The summed E-state index contributed by atoms with van der Waals surface area (Å²) in [5.74, 6) is -1.42. The molecular formula is C24H41ClN6O10P2. The summed E-state index contributed by atoms with van der Waals surface area (Å²) in [6.07, 6.45) is 7.13. The lowest BCUT2D eigenvalue weighted by Crippen LogP contribution is -2.33. The monoisotopic (exact) mass is 670 g/mol. The van der Waals surface area contributed by atoms with Crippen LogP contribution < -0.4 is 10.6 Å². The second-order valence-corrected chi connectivity index (χ2v) is 14.8. The number of hydrogen-bond acceptors (Lipinski definition) is 10. The molecule has 2 aromatic rings. The third-order valence-corrected chi connectivity index (χ3v) is 10.5. The zero-order valence-corrected chi connectivity index (χ0v) is 26.5.